The van der Waals surface area contributed by atoms with E-state index in [1.165, 1.54) is 0 Å². The van der Waals surface area contributed by atoms with E-state index in [4.69, 9.17) is 4.74 Å². The Kier molecular flexibility index (Phi) is 5.67. The minimum atomic E-state index is -3.27. The van der Waals surface area contributed by atoms with Crippen molar-refractivity contribution in [2.24, 2.45) is 0 Å². The fraction of sp³-hybridized carbons (Fsp3) is 0.588. The SMILES string of the molecule is C[C@H]1OCCN[C@@H]1C(=O)Nc1cccc(CS(=O)(=O)C(C)(C)C)c1. The average molecular weight is 354 g/mol. The molecule has 2 N–H and O–H groups in total. The zero-order valence-electron chi connectivity index (χ0n) is 14.6. The monoisotopic (exact) mass is 354 g/mol. The van der Waals surface area contributed by atoms with Crippen LogP contribution in [0.1, 0.15) is 33.3 Å². The third-order valence-corrected chi connectivity index (χ3v) is 6.66. The van der Waals surface area contributed by atoms with Gasteiger partial charge in [0.15, 0.2) is 9.84 Å². The van der Waals surface area contributed by atoms with Crippen LogP contribution in [0.15, 0.2) is 24.3 Å². The molecule has 1 aromatic rings. The Morgan fingerprint density at radius 3 is 2.71 bits per heavy atom. The molecule has 1 aliphatic rings. The van der Waals surface area contributed by atoms with Crippen LogP contribution < -0.4 is 10.6 Å². The predicted molar refractivity (Wildman–Crippen MR) is 94.7 cm³/mol. The van der Waals surface area contributed by atoms with Crippen molar-refractivity contribution in [3.05, 3.63) is 29.8 Å². The van der Waals surface area contributed by atoms with E-state index < -0.39 is 20.6 Å². The lowest BCUT2D eigenvalue weighted by Crippen LogP contribution is -2.53. The van der Waals surface area contributed by atoms with Crippen LogP contribution in [0.25, 0.3) is 0 Å². The number of morpholine rings is 1. The summed E-state index contributed by atoms with van der Waals surface area (Å²) >= 11 is 0. The Hall–Kier alpha value is -1.44. The molecule has 7 heteroatoms. The Balaban J connectivity index is 2.09. The molecule has 1 fully saturated rings. The summed E-state index contributed by atoms with van der Waals surface area (Å²) in [5.41, 5.74) is 1.24. The molecule has 1 aromatic carbocycles. The number of benzene rings is 1. The van der Waals surface area contributed by atoms with Gasteiger partial charge in [-0.25, -0.2) is 8.42 Å². The molecule has 0 aromatic heterocycles. The Morgan fingerprint density at radius 1 is 1.38 bits per heavy atom. The second-order valence-corrected chi connectivity index (χ2v) is 9.81. The molecule has 0 saturated carbocycles. The number of sulfone groups is 1. The highest BCUT2D eigenvalue weighted by Gasteiger charge is 2.30. The van der Waals surface area contributed by atoms with Crippen molar-refractivity contribution in [2.75, 3.05) is 18.5 Å². The zero-order valence-corrected chi connectivity index (χ0v) is 15.4. The first-order chi connectivity index (χ1) is 11.1. The van der Waals surface area contributed by atoms with E-state index in [-0.39, 0.29) is 17.8 Å². The van der Waals surface area contributed by atoms with Crippen molar-refractivity contribution >= 4 is 21.4 Å². The third-order valence-electron chi connectivity index (χ3n) is 4.08. The van der Waals surface area contributed by atoms with Crippen LogP contribution in [0.5, 0.6) is 0 Å². The molecular weight excluding hydrogens is 328 g/mol. The van der Waals surface area contributed by atoms with Crippen LogP contribution in [-0.2, 0) is 25.1 Å². The van der Waals surface area contributed by atoms with Crippen molar-refractivity contribution in [3.63, 3.8) is 0 Å². The van der Waals surface area contributed by atoms with Crippen molar-refractivity contribution in [2.45, 2.75) is 50.3 Å². The first kappa shape index (κ1) is 18.9. The summed E-state index contributed by atoms with van der Waals surface area (Å²) in [6.45, 7) is 8.12. The van der Waals surface area contributed by atoms with Gasteiger partial charge in [0, 0.05) is 12.2 Å². The number of carbonyl (C=O) groups is 1. The quantitative estimate of drug-likeness (QED) is 0.860. The van der Waals surface area contributed by atoms with E-state index in [9.17, 15) is 13.2 Å². The van der Waals surface area contributed by atoms with Crippen LogP contribution in [0.3, 0.4) is 0 Å². The van der Waals surface area contributed by atoms with Crippen molar-refractivity contribution in [3.8, 4) is 0 Å². The van der Waals surface area contributed by atoms with Gasteiger partial charge in [0.05, 0.1) is 23.2 Å². The van der Waals surface area contributed by atoms with Crippen molar-refractivity contribution in [1.82, 2.24) is 5.32 Å². The van der Waals surface area contributed by atoms with Gasteiger partial charge in [-0.3, -0.25) is 4.79 Å². The molecule has 0 aliphatic carbocycles. The molecule has 6 nitrogen and oxygen atoms in total. The van der Waals surface area contributed by atoms with Gasteiger partial charge in [0.25, 0.3) is 0 Å². The molecule has 2 rings (SSSR count). The largest absolute Gasteiger partial charge is 0.375 e. The summed E-state index contributed by atoms with van der Waals surface area (Å²) in [5.74, 6) is -0.237. The van der Waals surface area contributed by atoms with Gasteiger partial charge < -0.3 is 15.4 Å². The van der Waals surface area contributed by atoms with Crippen molar-refractivity contribution < 1.29 is 17.9 Å². The Bertz CT molecular complexity index is 695. The molecule has 1 amide bonds. The van der Waals surface area contributed by atoms with E-state index >= 15 is 0 Å². The van der Waals surface area contributed by atoms with Gasteiger partial charge >= 0.3 is 0 Å². The van der Waals surface area contributed by atoms with Gasteiger partial charge in [0.2, 0.25) is 5.91 Å². The van der Waals surface area contributed by atoms with Gasteiger partial charge in [-0.2, -0.15) is 0 Å². The normalized spacial score (nSPS) is 22.2. The number of carbonyl (C=O) groups excluding carboxylic acids is 1. The molecule has 2 atom stereocenters. The minimum Gasteiger partial charge on any atom is -0.375 e. The number of nitrogens with one attached hydrogen (secondary N) is 2. The molecule has 0 bridgehead atoms. The van der Waals surface area contributed by atoms with Crippen LogP contribution in [0, 0.1) is 0 Å². The summed E-state index contributed by atoms with van der Waals surface area (Å²) in [4.78, 5) is 12.4. The van der Waals surface area contributed by atoms with Gasteiger partial charge in [-0.15, -0.1) is 0 Å². The van der Waals surface area contributed by atoms with Crippen LogP contribution in [0.4, 0.5) is 5.69 Å². The highest BCUT2D eigenvalue weighted by atomic mass is 32.2. The summed E-state index contributed by atoms with van der Waals surface area (Å²) < 4.78 is 29.3. The van der Waals surface area contributed by atoms with E-state index in [1.54, 1.807) is 45.0 Å². The molecule has 0 radical (unpaired) electrons. The van der Waals surface area contributed by atoms with Crippen LogP contribution in [0.2, 0.25) is 0 Å². The van der Waals surface area contributed by atoms with E-state index in [0.29, 0.717) is 24.4 Å². The number of ether oxygens (including phenoxy) is 1. The molecule has 24 heavy (non-hydrogen) atoms. The first-order valence-corrected chi connectivity index (χ1v) is 9.72. The summed E-state index contributed by atoms with van der Waals surface area (Å²) in [7, 11) is -3.27. The first-order valence-electron chi connectivity index (χ1n) is 8.07. The van der Waals surface area contributed by atoms with Gasteiger partial charge in [-0.05, 0) is 45.4 Å². The summed E-state index contributed by atoms with van der Waals surface area (Å²) in [5, 5.41) is 5.96. The predicted octanol–water partition coefficient (Wildman–Crippen LogP) is 1.72. The van der Waals surface area contributed by atoms with E-state index in [1.807, 2.05) is 6.92 Å². The zero-order chi connectivity index (χ0) is 18.0. The smallest absolute Gasteiger partial charge is 0.244 e. The number of amides is 1. The molecule has 0 unspecified atom stereocenters. The van der Waals surface area contributed by atoms with E-state index in [2.05, 4.69) is 10.6 Å². The van der Waals surface area contributed by atoms with Crippen LogP contribution in [-0.4, -0.2) is 44.4 Å². The average Bonchev–Trinajstić information content (AvgIpc) is 2.46. The molecule has 0 spiro atoms. The topological polar surface area (TPSA) is 84.5 Å². The second-order valence-electron chi connectivity index (χ2n) is 7.07. The minimum absolute atomic E-state index is 0.0542. The highest BCUT2D eigenvalue weighted by molar-refractivity contribution is 7.91. The lowest BCUT2D eigenvalue weighted by Gasteiger charge is -2.29. The summed E-state index contributed by atoms with van der Waals surface area (Å²) in [6.07, 6.45) is -0.205. The van der Waals surface area contributed by atoms with Crippen molar-refractivity contribution in [1.29, 1.82) is 0 Å². The third kappa shape index (κ3) is 4.55. The fourth-order valence-electron chi connectivity index (χ4n) is 2.42. The van der Waals surface area contributed by atoms with E-state index in [0.717, 1.165) is 0 Å². The second kappa shape index (κ2) is 7.21. The maximum Gasteiger partial charge on any atom is 0.244 e. The maximum absolute atomic E-state index is 12.4. The van der Waals surface area contributed by atoms with Gasteiger partial charge in [-0.1, -0.05) is 12.1 Å². The Morgan fingerprint density at radius 2 is 2.08 bits per heavy atom. The van der Waals surface area contributed by atoms with Gasteiger partial charge in [0.1, 0.15) is 6.04 Å². The lowest BCUT2D eigenvalue weighted by atomic mass is 10.1. The molecular formula is C17H26N2O4S. The molecule has 1 heterocycles. The highest BCUT2D eigenvalue weighted by Crippen LogP contribution is 2.22. The number of hydrogen-bond donors (Lipinski definition) is 2. The Labute approximate surface area is 143 Å². The molecule has 1 saturated heterocycles. The lowest BCUT2D eigenvalue weighted by molar-refractivity contribution is -0.123. The number of rotatable bonds is 4. The molecule has 134 valence electrons. The maximum atomic E-state index is 12.4. The molecule has 1 aliphatic heterocycles. The summed E-state index contributed by atoms with van der Waals surface area (Å²) in [6, 6.07) is 6.54. The standard InChI is InChI=1S/C17H26N2O4S/c1-12-15(18-8-9-23-12)16(20)19-14-7-5-6-13(10-14)11-24(21,22)17(2,3)4/h5-7,10,12,15,18H,8-9,11H2,1-4H3,(H,19,20)/t12-,15+/m1/s1. The van der Waals surface area contributed by atoms with Crippen LogP contribution >= 0.6 is 0 Å². The number of hydrogen-bond acceptors (Lipinski definition) is 5. The number of anilines is 1. The fourth-order valence-corrected chi connectivity index (χ4v) is 3.47.